The topological polar surface area (TPSA) is 107 Å². The Morgan fingerprint density at radius 2 is 1.96 bits per heavy atom. The maximum absolute atomic E-state index is 12.0. The summed E-state index contributed by atoms with van der Waals surface area (Å²) in [6.07, 6.45) is 7.90. The molecule has 2 fully saturated rings. The minimum Gasteiger partial charge on any atom is -0.481 e. The van der Waals surface area contributed by atoms with Gasteiger partial charge in [-0.25, -0.2) is 4.79 Å². The number of aliphatic hydroxyl groups excluding tert-OH is 1. The Bertz CT molecular complexity index is 496. The molecule has 1 aliphatic heterocycles. The summed E-state index contributed by atoms with van der Waals surface area (Å²) >= 11 is 1.36. The highest BCUT2D eigenvalue weighted by atomic mass is 32.2. The van der Waals surface area contributed by atoms with Crippen LogP contribution in [0.4, 0.5) is 4.79 Å². The van der Waals surface area contributed by atoms with E-state index in [-0.39, 0.29) is 17.7 Å². The average Bonchev–Trinajstić information content (AvgIpc) is 2.89. The molecule has 26 heavy (non-hydrogen) atoms. The lowest BCUT2D eigenvalue weighted by Crippen LogP contribution is -2.38. The normalized spacial score (nSPS) is 22.5. The summed E-state index contributed by atoms with van der Waals surface area (Å²) in [6, 6.07) is -0.832. The summed E-state index contributed by atoms with van der Waals surface area (Å²) in [4.78, 5) is 36.1. The van der Waals surface area contributed by atoms with Crippen LogP contribution in [0.3, 0.4) is 0 Å². The van der Waals surface area contributed by atoms with Crippen LogP contribution >= 0.6 is 11.8 Å². The van der Waals surface area contributed by atoms with Gasteiger partial charge < -0.3 is 15.1 Å². The number of carboxylic acids is 1. The number of rotatable bonds is 11. The lowest BCUT2D eigenvalue weighted by atomic mass is 9.84. The van der Waals surface area contributed by atoms with E-state index in [1.165, 1.54) is 18.2 Å². The van der Waals surface area contributed by atoms with Crippen LogP contribution in [-0.4, -0.2) is 63.2 Å². The molecule has 0 spiro atoms. The third kappa shape index (κ3) is 6.46. The van der Waals surface area contributed by atoms with E-state index in [2.05, 4.69) is 5.32 Å². The number of nitrogens with zero attached hydrogens (tertiary/aromatic N) is 1. The van der Waals surface area contributed by atoms with Gasteiger partial charge in [0.25, 0.3) is 5.91 Å². The first-order chi connectivity index (χ1) is 12.5. The smallest absolute Gasteiger partial charge is 0.324 e. The molecule has 0 aromatic carbocycles. The van der Waals surface area contributed by atoms with Gasteiger partial charge in [-0.2, -0.15) is 11.8 Å². The fraction of sp³-hybridized carbons (Fsp3) is 0.833. The van der Waals surface area contributed by atoms with E-state index in [0.29, 0.717) is 25.3 Å². The highest BCUT2D eigenvalue weighted by Gasteiger charge is 2.38. The van der Waals surface area contributed by atoms with Gasteiger partial charge in [0.2, 0.25) is 0 Å². The number of unbranched alkanes of at least 4 members (excludes halogenated alkanes) is 1. The molecule has 3 amide bonds. The lowest BCUT2D eigenvalue weighted by molar-refractivity contribution is -0.134. The van der Waals surface area contributed by atoms with Crippen molar-refractivity contribution < 1.29 is 24.6 Å². The number of carbonyl (C=O) groups excluding carboxylic acids is 2. The number of carbonyl (C=O) groups is 3. The number of imide groups is 1. The first-order valence-electron chi connectivity index (χ1n) is 9.58. The van der Waals surface area contributed by atoms with Crippen molar-refractivity contribution in [1.82, 2.24) is 10.2 Å². The second-order valence-corrected chi connectivity index (χ2v) is 8.30. The van der Waals surface area contributed by atoms with Crippen molar-refractivity contribution >= 4 is 29.7 Å². The molecule has 0 bridgehead atoms. The van der Waals surface area contributed by atoms with Gasteiger partial charge in [-0.15, -0.1) is 0 Å². The largest absolute Gasteiger partial charge is 0.481 e. The van der Waals surface area contributed by atoms with E-state index in [0.717, 1.165) is 44.3 Å². The first kappa shape index (κ1) is 21.0. The monoisotopic (exact) mass is 386 g/mol. The molecule has 2 atom stereocenters. The van der Waals surface area contributed by atoms with Gasteiger partial charge in [0, 0.05) is 6.54 Å². The summed E-state index contributed by atoms with van der Waals surface area (Å²) in [6.45, 7) is 0.396. The molecule has 0 radical (unpaired) electrons. The summed E-state index contributed by atoms with van der Waals surface area (Å²) < 4.78 is 0. The summed E-state index contributed by atoms with van der Waals surface area (Å²) in [5, 5.41) is 21.4. The molecule has 0 aromatic heterocycles. The number of urea groups is 1. The first-order valence-corrected chi connectivity index (χ1v) is 10.7. The van der Waals surface area contributed by atoms with E-state index >= 15 is 0 Å². The number of amides is 3. The minimum atomic E-state index is -0.821. The fourth-order valence-corrected chi connectivity index (χ4v) is 4.54. The van der Waals surface area contributed by atoms with Gasteiger partial charge in [0.05, 0.1) is 11.9 Å². The van der Waals surface area contributed by atoms with Crippen LogP contribution in [-0.2, 0) is 9.59 Å². The molecule has 1 saturated carbocycles. The van der Waals surface area contributed by atoms with Crippen molar-refractivity contribution in [3.05, 3.63) is 0 Å². The maximum Gasteiger partial charge on any atom is 0.324 e. The number of aliphatic hydroxyl groups is 1. The molecule has 3 N–H and O–H groups in total. The zero-order valence-corrected chi connectivity index (χ0v) is 16.0. The number of hydrogen-bond acceptors (Lipinski definition) is 5. The fourth-order valence-electron chi connectivity index (χ4n) is 3.82. The third-order valence-electron chi connectivity index (χ3n) is 5.27. The van der Waals surface area contributed by atoms with Gasteiger partial charge in [-0.05, 0) is 43.8 Å². The van der Waals surface area contributed by atoms with E-state index in [9.17, 15) is 19.5 Å². The predicted molar refractivity (Wildman–Crippen MR) is 100 cm³/mol. The molecule has 0 aromatic rings. The number of carboxylic acid groups (broad SMARTS) is 1. The van der Waals surface area contributed by atoms with Crippen molar-refractivity contribution in [1.29, 1.82) is 0 Å². The molecule has 148 valence electrons. The molecule has 2 aliphatic rings. The molecular weight excluding hydrogens is 356 g/mol. The molecular formula is C18H30N2O5S. The van der Waals surface area contributed by atoms with Crippen LogP contribution < -0.4 is 5.32 Å². The number of nitrogens with one attached hydrogen (secondary N) is 1. The Kier molecular flexibility index (Phi) is 8.71. The number of aliphatic carboxylic acids is 1. The predicted octanol–water partition coefficient (Wildman–Crippen LogP) is 2.23. The summed E-state index contributed by atoms with van der Waals surface area (Å²) in [7, 11) is 0. The highest BCUT2D eigenvalue weighted by Crippen LogP contribution is 2.28. The lowest BCUT2D eigenvalue weighted by Gasteiger charge is -2.29. The van der Waals surface area contributed by atoms with E-state index in [1.807, 2.05) is 0 Å². The minimum absolute atomic E-state index is 0.0909. The molecule has 1 saturated heterocycles. The van der Waals surface area contributed by atoms with Crippen molar-refractivity contribution in [3.63, 3.8) is 0 Å². The Morgan fingerprint density at radius 3 is 2.65 bits per heavy atom. The van der Waals surface area contributed by atoms with Gasteiger partial charge in [-0.1, -0.05) is 25.7 Å². The van der Waals surface area contributed by atoms with Gasteiger partial charge in [0.1, 0.15) is 6.04 Å². The van der Waals surface area contributed by atoms with E-state index in [4.69, 9.17) is 5.11 Å². The quantitative estimate of drug-likeness (QED) is 0.371. The Balaban J connectivity index is 1.73. The number of hydrogen-bond donors (Lipinski definition) is 3. The van der Waals surface area contributed by atoms with Crippen LogP contribution in [0.25, 0.3) is 0 Å². The van der Waals surface area contributed by atoms with Crippen molar-refractivity contribution in [2.75, 3.05) is 18.1 Å². The van der Waals surface area contributed by atoms with Crippen LogP contribution in [0.1, 0.15) is 57.8 Å². The molecule has 7 nitrogen and oxygen atoms in total. The average molecular weight is 387 g/mol. The standard InChI is InChI=1S/C18H30N2O5S/c21-15(13-6-2-1-3-7-13)9-10-20-14(17(24)19-18(20)25)8-4-5-11-26-12-16(22)23/h13-15,21H,1-12H2,(H,22,23)(H,19,24,25). The molecule has 2 unspecified atom stereocenters. The SMILES string of the molecule is O=C(O)CSCCCCC1C(=O)NC(=O)N1CCC(O)C1CCCCC1. The number of thioether (sulfide) groups is 1. The van der Waals surface area contributed by atoms with Crippen molar-refractivity contribution in [3.8, 4) is 0 Å². The zero-order chi connectivity index (χ0) is 18.9. The van der Waals surface area contributed by atoms with Gasteiger partial charge in [-0.3, -0.25) is 14.9 Å². The second-order valence-electron chi connectivity index (χ2n) is 7.20. The Morgan fingerprint density at radius 1 is 1.23 bits per heavy atom. The van der Waals surface area contributed by atoms with E-state index in [1.54, 1.807) is 4.90 Å². The summed E-state index contributed by atoms with van der Waals surface area (Å²) in [5.41, 5.74) is 0. The molecule has 1 heterocycles. The molecule has 2 rings (SSSR count). The van der Waals surface area contributed by atoms with Gasteiger partial charge in [0.15, 0.2) is 0 Å². The van der Waals surface area contributed by atoms with Crippen LogP contribution in [0.5, 0.6) is 0 Å². The Labute approximate surface area is 158 Å². The third-order valence-corrected chi connectivity index (χ3v) is 6.30. The van der Waals surface area contributed by atoms with Crippen LogP contribution in [0, 0.1) is 5.92 Å². The van der Waals surface area contributed by atoms with Crippen LogP contribution in [0.15, 0.2) is 0 Å². The molecule has 1 aliphatic carbocycles. The maximum atomic E-state index is 12.0. The molecule has 8 heteroatoms. The van der Waals surface area contributed by atoms with Crippen molar-refractivity contribution in [2.24, 2.45) is 5.92 Å². The zero-order valence-electron chi connectivity index (χ0n) is 15.2. The Hall–Kier alpha value is -1.28. The van der Waals surface area contributed by atoms with Gasteiger partial charge >= 0.3 is 12.0 Å². The highest BCUT2D eigenvalue weighted by molar-refractivity contribution is 7.99. The summed E-state index contributed by atoms with van der Waals surface area (Å²) in [5.74, 6) is 0.0522. The second kappa shape index (κ2) is 10.8. The van der Waals surface area contributed by atoms with Crippen LogP contribution in [0.2, 0.25) is 0 Å². The van der Waals surface area contributed by atoms with Crippen molar-refractivity contribution in [2.45, 2.75) is 69.9 Å². The van der Waals surface area contributed by atoms with E-state index < -0.39 is 18.1 Å².